The van der Waals surface area contributed by atoms with Gasteiger partial charge >= 0.3 is 80.1 Å². The van der Waals surface area contributed by atoms with Crippen molar-refractivity contribution in [2.24, 2.45) is 5.73 Å². The molecule has 10 rings (SSSR count). The number of carboxylic acid groups (broad SMARTS) is 4. The fraction of sp³-hybridized carbons (Fsp3) is 0.259. The Morgan fingerprint density at radius 2 is 0.740 bits per heavy atom. The van der Waals surface area contributed by atoms with E-state index in [1.54, 1.807) is 39.5 Å². The van der Waals surface area contributed by atoms with Gasteiger partial charge in [0.25, 0.3) is 46.1 Å². The zero-order valence-corrected chi connectivity index (χ0v) is 74.5. The summed E-state index contributed by atoms with van der Waals surface area (Å²) in [5, 5.41) is 106. The number of pyridine rings is 4. The summed E-state index contributed by atoms with van der Waals surface area (Å²) in [6.45, 7) is 6.34. The molecule has 44 nitrogen and oxygen atoms in total. The van der Waals surface area contributed by atoms with Crippen molar-refractivity contribution in [3.63, 3.8) is 0 Å². The third kappa shape index (κ3) is 41.3. The van der Waals surface area contributed by atoms with Crippen LogP contribution in [0.4, 0.5) is 28.4 Å². The number of carbonyl (C=O) groups is 10. The number of alkyl halides is 1. The molecular formula is C81H96BBrClN11NaO33Si2. The minimum absolute atomic E-state index is 0. The van der Waals surface area contributed by atoms with Gasteiger partial charge in [0.15, 0.2) is 0 Å². The van der Waals surface area contributed by atoms with Crippen molar-refractivity contribution < 1.29 is 167 Å². The van der Waals surface area contributed by atoms with Gasteiger partial charge in [-0.15, -0.1) is 0 Å². The first kappa shape index (κ1) is 124. The molecular weight excluding hydrogens is 1860 g/mol. The smallest absolute Gasteiger partial charge is 0.662 e. The standard InChI is InChI=1S/C20H23N3O5Si.2C14H10N2O6.C8H6BrNO4.C8H7NO5.C6H4ClNO.C6H17NO3Si.CH2O3.4CH4.B.Na.H2/c1-29(2,3)18-8-11-22(18)19(24)15-4-5-16(17(12-15)23(26)27)13-28-20(25)14-6-9-21-10-7-14;2*17-13(18)10-1-2-11(12(7-10)16(20)21)8-22-14(19)9-3-5-15-6-4-9;9-4-6-2-1-5(8(11)12)3-7(6)10(13)14;10-4-6-2-1-5(8(11)12)3-7(6)9(13)14;7-6(9)5-1-3-8-4-2-5;1-8-11(9-2,10-3)6-4-5-7;2-1-4-3;;;;;;;/h4-7,9-10,12,18H,8,11,13H2,1-3H3;2*1-7H,8H2,(H,17,18);1-3H,4H2,(H,11,12);1-3,10H,4H2,(H,11,12);1-4H;4-7H2,1-3H3;1,3H;4*1H4;;;1H/q;;;;;;;;;;;;;+1;/p-1/i;;;;;;;;;;;;;;1+1. The molecule has 9 aromatic rings. The minimum Gasteiger partial charge on any atom is -0.662 e. The molecule has 1 unspecified atom stereocenters. The summed E-state index contributed by atoms with van der Waals surface area (Å²) in [5.74, 6) is -7.05. The van der Waals surface area contributed by atoms with Crippen LogP contribution in [0.2, 0.25) is 25.7 Å². The van der Waals surface area contributed by atoms with Gasteiger partial charge in [0.05, 0.1) is 100 Å². The number of nitro benzene ring substituents is 5. The van der Waals surface area contributed by atoms with Crippen molar-refractivity contribution in [1.29, 1.82) is 0 Å². The number of nitrogens with two attached hydrogens (primary N) is 1. The second-order valence-electron chi connectivity index (χ2n) is 25.5. The number of rotatable bonds is 30. The van der Waals surface area contributed by atoms with Crippen LogP contribution in [0.1, 0.15) is 165 Å². The van der Waals surface area contributed by atoms with Gasteiger partial charge in [0, 0.05) is 151 Å². The average Bonchev–Trinajstić information content (AvgIpc) is 0.774. The van der Waals surface area contributed by atoms with E-state index in [2.05, 4.69) is 60.4 Å². The van der Waals surface area contributed by atoms with E-state index in [9.17, 15) is 93.7 Å². The number of aromatic nitrogens is 4. The number of aliphatic hydroxyl groups excluding tert-OH is 1. The molecule has 0 aliphatic carbocycles. The summed E-state index contributed by atoms with van der Waals surface area (Å²) < 4.78 is 30.7. The molecule has 0 saturated carbocycles. The van der Waals surface area contributed by atoms with Gasteiger partial charge in [-0.3, -0.25) is 84.9 Å². The number of benzene rings is 5. The quantitative estimate of drug-likeness (QED) is 0.00280. The number of nitro groups is 5. The number of hydrogen-bond acceptors (Lipinski definition) is 34. The number of carboxylic acids is 4. The number of hydrogen-bond donors (Lipinski definition) is 6. The van der Waals surface area contributed by atoms with Crippen LogP contribution in [0.15, 0.2) is 189 Å². The molecule has 4 aromatic heterocycles. The number of aromatic carboxylic acids is 4. The van der Waals surface area contributed by atoms with Gasteiger partial charge in [-0.05, 0) is 134 Å². The van der Waals surface area contributed by atoms with E-state index >= 15 is 0 Å². The maximum absolute atomic E-state index is 12.9. The maximum Gasteiger partial charge on any atom is 1.00 e. The molecule has 0 spiro atoms. The molecule has 1 saturated heterocycles. The third-order valence-electron chi connectivity index (χ3n) is 16.6. The summed E-state index contributed by atoms with van der Waals surface area (Å²) in [4.78, 5) is 181. The molecule has 7 N–H and O–H groups in total. The van der Waals surface area contributed by atoms with Crippen molar-refractivity contribution in [2.75, 3.05) is 34.4 Å². The second-order valence-corrected chi connectivity index (χ2v) is 34.9. The van der Waals surface area contributed by atoms with Crippen LogP contribution in [-0.2, 0) is 68.9 Å². The van der Waals surface area contributed by atoms with E-state index in [1.807, 2.05) is 4.90 Å². The molecule has 1 aliphatic rings. The Kier molecular flexibility index (Phi) is 60.1. The SMILES string of the molecule is C.C.C.C.CO[Si](CCCN)(OC)OC.C[Si](C)(C)C1CCN1C(=O)c1ccc(COC(=O)c2ccncc2)c([N+](=O)[O-])c1.O=C(Cl)c1ccncc1.O=C(O)c1ccc(CBr)c([N+](=O)[O-])c1.O=C(O)c1ccc(CO)c([N+](=O)[O-])c1.O=C(O)c1ccc(COC(=O)c2ccncc2)c([N+](=O)[O-])c1.O=C(O)c1ccc(COC(=O)c2ccncc2)c([N+](=O)[O-])c1.O=CO[O-].[2HH].[B].[Na+]. The fourth-order valence-corrected chi connectivity index (χ4v) is 14.7. The first-order chi connectivity index (χ1) is 59.2. The number of aliphatic hydroxyl groups is 1. The second kappa shape index (κ2) is 63.6. The molecule has 50 heteroatoms. The van der Waals surface area contributed by atoms with E-state index in [0.29, 0.717) is 35.1 Å². The molecule has 1 fully saturated rings. The van der Waals surface area contributed by atoms with E-state index in [1.165, 1.54) is 147 Å². The Morgan fingerprint density at radius 1 is 0.481 bits per heavy atom. The van der Waals surface area contributed by atoms with Gasteiger partial charge in [0.2, 0.25) is 0 Å². The monoisotopic (exact) mass is 1960 g/mol. The summed E-state index contributed by atoms with van der Waals surface area (Å²) in [5.41, 5.74) is 5.90. The van der Waals surface area contributed by atoms with Crippen LogP contribution in [0.3, 0.4) is 0 Å². The average molecular weight is 1960 g/mol. The summed E-state index contributed by atoms with van der Waals surface area (Å²) in [7, 11) is 0.975. The molecule has 131 heavy (non-hydrogen) atoms. The molecule has 699 valence electrons. The molecule has 5 heterocycles. The zero-order valence-electron chi connectivity index (χ0n) is 68.2. The number of amides is 1. The molecule has 3 radical (unpaired) electrons. The fourth-order valence-electron chi connectivity index (χ4n) is 10.1. The van der Waals surface area contributed by atoms with E-state index in [0.717, 1.165) is 43.2 Å². The Hall–Kier alpha value is -13.4. The predicted octanol–water partition coefficient (Wildman–Crippen LogP) is 10.0. The van der Waals surface area contributed by atoms with Gasteiger partial charge in [-0.25, -0.2) is 33.6 Å². The van der Waals surface area contributed by atoms with Gasteiger partial charge in [0.1, 0.15) is 19.8 Å². The molecule has 0 bridgehead atoms. The number of esters is 3. The van der Waals surface area contributed by atoms with Crippen molar-refractivity contribution in [2.45, 2.75) is 106 Å². The molecule has 5 aromatic carbocycles. The van der Waals surface area contributed by atoms with Crippen LogP contribution in [0.25, 0.3) is 0 Å². The van der Waals surface area contributed by atoms with E-state index in [-0.39, 0.29) is 185 Å². The van der Waals surface area contributed by atoms with Crippen LogP contribution in [0, 0.1) is 50.6 Å². The Balaban J connectivity index is -0.000000481. The summed E-state index contributed by atoms with van der Waals surface area (Å²) in [6.07, 6.45) is 13.5. The molecule has 1 amide bonds. The van der Waals surface area contributed by atoms with Gasteiger partial charge in [-0.2, -0.15) is 0 Å². The largest absolute Gasteiger partial charge is 1.00 e. The topological polar surface area (TPSA) is 656 Å². The Labute approximate surface area is 790 Å². The summed E-state index contributed by atoms with van der Waals surface area (Å²) >= 11 is 8.22. The number of nitrogens with zero attached hydrogens (tertiary/aromatic N) is 10. The van der Waals surface area contributed by atoms with Crippen molar-refractivity contribution in [3.8, 4) is 0 Å². The van der Waals surface area contributed by atoms with E-state index < -0.39 is 107 Å². The number of halogens is 2. The van der Waals surface area contributed by atoms with E-state index in [4.69, 9.17) is 80.4 Å². The van der Waals surface area contributed by atoms with Crippen LogP contribution in [0.5, 0.6) is 0 Å². The zero-order chi connectivity index (χ0) is 93.7. The summed E-state index contributed by atoms with van der Waals surface area (Å²) in [6, 6.07) is 31.0. The first-order valence-corrected chi connectivity index (χ1v) is 42.4. The van der Waals surface area contributed by atoms with Crippen molar-refractivity contribution in [3.05, 3.63) is 318 Å². The Morgan fingerprint density at radius 3 is 0.962 bits per heavy atom. The van der Waals surface area contributed by atoms with Crippen LogP contribution >= 0.6 is 27.5 Å². The van der Waals surface area contributed by atoms with Crippen LogP contribution < -0.4 is 40.5 Å². The maximum atomic E-state index is 12.9. The normalized spacial score (nSPS) is 10.8. The molecule has 1 aliphatic heterocycles. The third-order valence-corrected chi connectivity index (χ3v) is 22.9. The number of carbonyl (C=O) groups excluding carboxylic acids is 6. The predicted molar refractivity (Wildman–Crippen MR) is 476 cm³/mol. The number of likely N-dealkylation sites (tertiary alicyclic amines) is 1. The minimum atomic E-state index is -2.32. The van der Waals surface area contributed by atoms with Gasteiger partial charge < -0.3 is 73.8 Å². The molecule has 1 atom stereocenters. The van der Waals surface area contributed by atoms with Crippen LogP contribution in [-0.4, -0.2) is 200 Å². The first-order valence-electron chi connectivity index (χ1n) is 35.4. The van der Waals surface area contributed by atoms with Crippen molar-refractivity contribution >= 4 is 141 Å². The Bertz CT molecular complexity index is 5060. The number of ether oxygens (including phenoxy) is 3. The van der Waals surface area contributed by atoms with Gasteiger partial charge in [-0.1, -0.05) is 71.3 Å². The van der Waals surface area contributed by atoms with Crippen molar-refractivity contribution in [1.82, 2.24) is 24.8 Å².